The van der Waals surface area contributed by atoms with Gasteiger partial charge < -0.3 is 21.3 Å². The third-order valence-electron chi connectivity index (χ3n) is 8.68. The molecular formula is C36H40Cl2N4. The second-order valence-corrected chi connectivity index (χ2v) is 12.6. The van der Waals surface area contributed by atoms with Gasteiger partial charge >= 0.3 is 0 Å². The summed E-state index contributed by atoms with van der Waals surface area (Å²) in [6.45, 7) is 5.90. The van der Waals surface area contributed by atoms with Gasteiger partial charge in [-0.1, -0.05) is 53.5 Å². The van der Waals surface area contributed by atoms with Gasteiger partial charge in [-0.15, -0.1) is 0 Å². The molecule has 0 spiro atoms. The zero-order valence-electron chi connectivity index (χ0n) is 24.1. The molecule has 0 saturated carbocycles. The molecule has 2 heterocycles. The van der Waals surface area contributed by atoms with Gasteiger partial charge in [0.15, 0.2) is 0 Å². The highest BCUT2D eigenvalue weighted by molar-refractivity contribution is 6.35. The van der Waals surface area contributed by atoms with Crippen LogP contribution in [0.2, 0.25) is 10.0 Å². The molecule has 0 bridgehead atoms. The van der Waals surface area contributed by atoms with Crippen molar-refractivity contribution in [2.24, 2.45) is 0 Å². The van der Waals surface area contributed by atoms with Crippen molar-refractivity contribution in [2.75, 3.05) is 36.8 Å². The topological polar surface area (TPSA) is 48.1 Å². The molecule has 6 rings (SSSR count). The highest BCUT2D eigenvalue weighted by Crippen LogP contribution is 2.31. The van der Waals surface area contributed by atoms with E-state index in [0.717, 1.165) is 61.8 Å². The van der Waals surface area contributed by atoms with E-state index in [1.807, 2.05) is 12.1 Å². The Morgan fingerprint density at radius 3 is 1.36 bits per heavy atom. The number of benzene rings is 4. The maximum Gasteiger partial charge on any atom is 0.0426 e. The smallest absolute Gasteiger partial charge is 0.0426 e. The van der Waals surface area contributed by atoms with Crippen molar-refractivity contribution in [1.29, 1.82) is 0 Å². The van der Waals surface area contributed by atoms with Crippen LogP contribution in [0.1, 0.15) is 59.8 Å². The third-order valence-corrected chi connectivity index (χ3v) is 9.12. The summed E-state index contributed by atoms with van der Waals surface area (Å²) in [4.78, 5) is 0. The molecule has 4 aromatic rings. The number of nitrogens with one attached hydrogen (secondary N) is 4. The molecule has 6 heteroatoms. The number of piperidine rings is 2. The molecular weight excluding hydrogens is 559 g/mol. The fraction of sp³-hybridized carbons (Fsp3) is 0.333. The third kappa shape index (κ3) is 7.67. The van der Waals surface area contributed by atoms with Gasteiger partial charge in [0.1, 0.15) is 0 Å². The Labute approximate surface area is 260 Å². The van der Waals surface area contributed by atoms with E-state index in [1.54, 1.807) is 6.07 Å². The minimum absolute atomic E-state index is 0.642. The van der Waals surface area contributed by atoms with Gasteiger partial charge in [0.2, 0.25) is 0 Å². The van der Waals surface area contributed by atoms with Gasteiger partial charge in [0, 0.05) is 34.5 Å². The van der Waals surface area contributed by atoms with E-state index in [9.17, 15) is 0 Å². The molecule has 2 aliphatic rings. The zero-order valence-corrected chi connectivity index (χ0v) is 25.6. The normalized spacial score (nSPS) is 16.3. The Morgan fingerprint density at radius 2 is 0.929 bits per heavy atom. The monoisotopic (exact) mass is 598 g/mol. The van der Waals surface area contributed by atoms with Gasteiger partial charge in [-0.2, -0.15) is 0 Å². The van der Waals surface area contributed by atoms with Gasteiger partial charge in [-0.05, 0) is 152 Å². The van der Waals surface area contributed by atoms with Crippen molar-refractivity contribution in [3.05, 3.63) is 117 Å². The highest BCUT2D eigenvalue weighted by atomic mass is 35.5. The van der Waals surface area contributed by atoms with Crippen molar-refractivity contribution < 1.29 is 0 Å². The Morgan fingerprint density at radius 1 is 0.524 bits per heavy atom. The van der Waals surface area contributed by atoms with Crippen LogP contribution < -0.4 is 21.3 Å². The highest BCUT2D eigenvalue weighted by Gasteiger charge is 2.16. The van der Waals surface area contributed by atoms with Gasteiger partial charge in [-0.25, -0.2) is 0 Å². The molecule has 0 radical (unpaired) electrons. The fourth-order valence-electron chi connectivity index (χ4n) is 6.32. The van der Waals surface area contributed by atoms with Crippen LogP contribution in [0.5, 0.6) is 0 Å². The van der Waals surface area contributed by atoms with Crippen molar-refractivity contribution in [3.63, 3.8) is 0 Å². The summed E-state index contributed by atoms with van der Waals surface area (Å²) in [7, 11) is 0. The van der Waals surface area contributed by atoms with Crippen LogP contribution in [0.25, 0.3) is 11.1 Å². The molecule has 0 atom stereocenters. The van der Waals surface area contributed by atoms with Crippen LogP contribution in [0.15, 0.2) is 84.9 Å². The molecule has 218 valence electrons. The van der Waals surface area contributed by atoms with Crippen molar-refractivity contribution in [1.82, 2.24) is 10.6 Å². The second-order valence-electron chi connectivity index (χ2n) is 11.7. The summed E-state index contributed by atoms with van der Waals surface area (Å²) < 4.78 is 0. The summed E-state index contributed by atoms with van der Waals surface area (Å²) in [5.74, 6) is 1.33. The molecule has 4 N–H and O–H groups in total. The summed E-state index contributed by atoms with van der Waals surface area (Å²) >= 11 is 12.8. The fourth-order valence-corrected chi connectivity index (χ4v) is 6.84. The zero-order chi connectivity index (χ0) is 28.7. The van der Waals surface area contributed by atoms with Crippen LogP contribution in [0.3, 0.4) is 0 Å². The quantitative estimate of drug-likeness (QED) is 0.155. The van der Waals surface area contributed by atoms with Crippen molar-refractivity contribution in [2.45, 2.75) is 50.6 Å². The number of halogens is 2. The maximum atomic E-state index is 6.38. The van der Waals surface area contributed by atoms with E-state index in [4.69, 9.17) is 23.2 Å². The average molecular weight is 600 g/mol. The first-order chi connectivity index (χ1) is 20.6. The number of hydrogen-bond donors (Lipinski definition) is 4. The predicted molar refractivity (Wildman–Crippen MR) is 179 cm³/mol. The molecule has 0 unspecified atom stereocenters. The Kier molecular flexibility index (Phi) is 9.67. The molecule has 2 aliphatic heterocycles. The molecule has 42 heavy (non-hydrogen) atoms. The van der Waals surface area contributed by atoms with Gasteiger partial charge in [0.05, 0.1) is 0 Å². The summed E-state index contributed by atoms with van der Waals surface area (Å²) in [5.41, 5.74) is 9.72. The molecule has 2 saturated heterocycles. The van der Waals surface area contributed by atoms with Crippen molar-refractivity contribution in [3.8, 4) is 11.1 Å². The van der Waals surface area contributed by atoms with Crippen LogP contribution in [-0.2, 0) is 13.1 Å². The summed E-state index contributed by atoms with van der Waals surface area (Å²) in [6, 6.07) is 30.5. The lowest BCUT2D eigenvalue weighted by molar-refractivity contribution is 0.460. The number of anilines is 2. The molecule has 0 aromatic heterocycles. The minimum Gasteiger partial charge on any atom is -0.381 e. The largest absolute Gasteiger partial charge is 0.381 e. The van der Waals surface area contributed by atoms with Crippen LogP contribution in [0.4, 0.5) is 11.4 Å². The molecule has 0 amide bonds. The van der Waals surface area contributed by atoms with E-state index >= 15 is 0 Å². The van der Waals surface area contributed by atoms with Crippen LogP contribution in [-0.4, -0.2) is 26.2 Å². The first-order valence-corrected chi connectivity index (χ1v) is 16.0. The van der Waals surface area contributed by atoms with Gasteiger partial charge in [-0.3, -0.25) is 0 Å². The first kappa shape index (κ1) is 29.1. The lowest BCUT2D eigenvalue weighted by Crippen LogP contribution is -2.26. The van der Waals surface area contributed by atoms with Gasteiger partial charge in [0.25, 0.3) is 0 Å². The number of rotatable bonds is 9. The number of hydrogen-bond acceptors (Lipinski definition) is 4. The standard InChI is InChI=1S/C36H40Cl2N4/c37-33-20-32(21-34(38)22-33)31-18-25(23-41-35-5-1-27(2-6-35)29-9-13-39-14-10-29)17-26(19-31)24-42-36-7-3-28(4-8-36)30-11-15-40-16-12-30/h1-8,17-22,29-30,39-42H,9-16,23-24H2. The average Bonchev–Trinajstić information content (AvgIpc) is 3.04. The Bertz CT molecular complexity index is 1350. The lowest BCUT2D eigenvalue weighted by atomic mass is 9.90. The van der Waals surface area contributed by atoms with E-state index in [-0.39, 0.29) is 0 Å². The molecule has 2 fully saturated rings. The lowest BCUT2D eigenvalue weighted by Gasteiger charge is -2.23. The van der Waals surface area contributed by atoms with Crippen molar-refractivity contribution >= 4 is 34.6 Å². The Balaban J connectivity index is 1.17. The predicted octanol–water partition coefficient (Wildman–Crippen LogP) is 8.82. The molecule has 0 aliphatic carbocycles. The Hall–Kier alpha value is -3.02. The first-order valence-electron chi connectivity index (χ1n) is 15.3. The molecule has 4 nitrogen and oxygen atoms in total. The second kappa shape index (κ2) is 14.0. The summed E-state index contributed by atoms with van der Waals surface area (Å²) in [5, 5.41) is 15.5. The minimum atomic E-state index is 0.642. The van der Waals surface area contributed by atoms with E-state index < -0.39 is 0 Å². The van der Waals surface area contributed by atoms with E-state index in [0.29, 0.717) is 21.9 Å². The maximum absolute atomic E-state index is 6.38. The van der Waals surface area contributed by atoms with Crippen LogP contribution in [0, 0.1) is 0 Å². The van der Waals surface area contributed by atoms with E-state index in [1.165, 1.54) is 47.9 Å². The molecule has 4 aromatic carbocycles. The van der Waals surface area contributed by atoms with E-state index in [2.05, 4.69) is 88.0 Å². The SMILES string of the molecule is Clc1cc(Cl)cc(-c2cc(CNc3ccc(C4CCNCC4)cc3)cc(CNc3ccc(C4CCNCC4)cc3)c2)c1. The van der Waals surface area contributed by atoms with Crippen LogP contribution >= 0.6 is 23.2 Å². The summed E-state index contributed by atoms with van der Waals surface area (Å²) in [6.07, 6.45) is 4.86.